The fourth-order valence-corrected chi connectivity index (χ4v) is 2.40. The van der Waals surface area contributed by atoms with Gasteiger partial charge in [0.1, 0.15) is 5.75 Å². The third-order valence-corrected chi connectivity index (χ3v) is 3.11. The summed E-state index contributed by atoms with van der Waals surface area (Å²) >= 11 is 9.80. The molecule has 0 heterocycles. The number of rotatable bonds is 4. The summed E-state index contributed by atoms with van der Waals surface area (Å²) in [6.45, 7) is 4.33. The van der Waals surface area contributed by atoms with Crippen LogP contribution in [0.25, 0.3) is 0 Å². The van der Waals surface area contributed by atoms with E-state index in [-0.39, 0.29) is 5.38 Å². The van der Waals surface area contributed by atoms with Gasteiger partial charge in [-0.3, -0.25) is 0 Å². The monoisotopic (exact) mass is 290 g/mol. The van der Waals surface area contributed by atoms with Crippen LogP contribution in [0, 0.1) is 5.92 Å². The van der Waals surface area contributed by atoms with Gasteiger partial charge in [-0.05, 0) is 30.5 Å². The Bertz CT molecular complexity index is 325. The average molecular weight is 292 g/mol. The number of alkyl halides is 1. The molecule has 15 heavy (non-hydrogen) atoms. The van der Waals surface area contributed by atoms with Crippen molar-refractivity contribution in [3.8, 4) is 5.75 Å². The van der Waals surface area contributed by atoms with Gasteiger partial charge in [-0.1, -0.05) is 29.8 Å². The molecule has 0 spiro atoms. The molecule has 84 valence electrons. The van der Waals surface area contributed by atoms with Gasteiger partial charge in [0, 0.05) is 10.0 Å². The number of benzene rings is 1. The zero-order valence-electron chi connectivity index (χ0n) is 9.26. The Morgan fingerprint density at radius 3 is 2.60 bits per heavy atom. The van der Waals surface area contributed by atoms with Crippen molar-refractivity contribution in [1.82, 2.24) is 0 Å². The molecular weight excluding hydrogens is 275 g/mol. The summed E-state index contributed by atoms with van der Waals surface area (Å²) in [6.07, 6.45) is 0.953. The highest BCUT2D eigenvalue weighted by Crippen LogP contribution is 2.35. The fourth-order valence-electron chi connectivity index (χ4n) is 1.49. The lowest BCUT2D eigenvalue weighted by atomic mass is 10.0. The molecule has 0 bridgehead atoms. The highest BCUT2D eigenvalue weighted by atomic mass is 79.9. The summed E-state index contributed by atoms with van der Waals surface area (Å²) in [7, 11) is 1.67. The van der Waals surface area contributed by atoms with E-state index >= 15 is 0 Å². The number of hydrogen-bond donors (Lipinski definition) is 0. The highest BCUT2D eigenvalue weighted by Gasteiger charge is 2.15. The molecule has 1 unspecified atom stereocenters. The van der Waals surface area contributed by atoms with Crippen LogP contribution in [0.15, 0.2) is 22.7 Å². The molecule has 1 atom stereocenters. The summed E-state index contributed by atoms with van der Waals surface area (Å²) in [4.78, 5) is 0. The van der Waals surface area contributed by atoms with Crippen molar-refractivity contribution in [3.63, 3.8) is 0 Å². The minimum absolute atomic E-state index is 0.0115. The van der Waals surface area contributed by atoms with E-state index in [1.807, 2.05) is 18.2 Å². The van der Waals surface area contributed by atoms with Crippen molar-refractivity contribution in [3.05, 3.63) is 28.2 Å². The maximum atomic E-state index is 6.36. The molecule has 3 heteroatoms. The summed E-state index contributed by atoms with van der Waals surface area (Å²) < 4.78 is 6.33. The van der Waals surface area contributed by atoms with Crippen molar-refractivity contribution < 1.29 is 4.74 Å². The predicted octanol–water partition coefficient (Wildman–Crippen LogP) is 4.78. The Balaban J connectivity index is 2.94. The van der Waals surface area contributed by atoms with Crippen LogP contribution in [-0.4, -0.2) is 7.11 Å². The highest BCUT2D eigenvalue weighted by molar-refractivity contribution is 9.10. The first kappa shape index (κ1) is 12.9. The normalized spacial score (nSPS) is 12.9. The smallest absolute Gasteiger partial charge is 0.123 e. The minimum atomic E-state index is 0.0115. The second-order valence-electron chi connectivity index (χ2n) is 3.98. The number of halogens is 2. The summed E-state index contributed by atoms with van der Waals surface area (Å²) in [5.41, 5.74) is 1.06. The lowest BCUT2D eigenvalue weighted by Gasteiger charge is -2.16. The van der Waals surface area contributed by atoms with Gasteiger partial charge in [-0.25, -0.2) is 0 Å². The SMILES string of the molecule is COc1ccc(Br)cc1C(Cl)CC(C)C. The van der Waals surface area contributed by atoms with Crippen molar-refractivity contribution in [2.24, 2.45) is 5.92 Å². The van der Waals surface area contributed by atoms with Crippen molar-refractivity contribution in [2.45, 2.75) is 25.6 Å². The van der Waals surface area contributed by atoms with Crippen LogP contribution in [0.2, 0.25) is 0 Å². The second-order valence-corrected chi connectivity index (χ2v) is 5.43. The largest absolute Gasteiger partial charge is 0.496 e. The van der Waals surface area contributed by atoms with Gasteiger partial charge < -0.3 is 4.74 Å². The maximum Gasteiger partial charge on any atom is 0.123 e. The van der Waals surface area contributed by atoms with E-state index in [0.29, 0.717) is 5.92 Å². The lowest BCUT2D eigenvalue weighted by molar-refractivity contribution is 0.406. The molecule has 0 aromatic heterocycles. The third kappa shape index (κ3) is 3.69. The van der Waals surface area contributed by atoms with Crippen LogP contribution < -0.4 is 4.74 Å². The van der Waals surface area contributed by atoms with Crippen molar-refractivity contribution in [1.29, 1.82) is 0 Å². The van der Waals surface area contributed by atoms with Crippen molar-refractivity contribution >= 4 is 27.5 Å². The van der Waals surface area contributed by atoms with E-state index in [0.717, 1.165) is 22.2 Å². The summed E-state index contributed by atoms with van der Waals surface area (Å²) in [5.74, 6) is 1.44. The Hall–Kier alpha value is -0.210. The standard InChI is InChI=1S/C12H16BrClO/c1-8(2)6-11(14)10-7-9(13)4-5-12(10)15-3/h4-5,7-8,11H,6H2,1-3H3. The zero-order chi connectivity index (χ0) is 11.4. The van der Waals surface area contributed by atoms with E-state index in [1.54, 1.807) is 7.11 Å². The molecule has 0 amide bonds. The molecule has 0 radical (unpaired) electrons. The molecule has 0 aliphatic heterocycles. The Morgan fingerprint density at radius 1 is 1.40 bits per heavy atom. The molecule has 1 nitrogen and oxygen atoms in total. The Morgan fingerprint density at radius 2 is 2.07 bits per heavy atom. The van der Waals surface area contributed by atoms with Gasteiger partial charge in [0.05, 0.1) is 12.5 Å². The van der Waals surface area contributed by atoms with Crippen LogP contribution in [0.3, 0.4) is 0 Å². The van der Waals surface area contributed by atoms with Gasteiger partial charge >= 0.3 is 0 Å². The zero-order valence-corrected chi connectivity index (χ0v) is 11.6. The topological polar surface area (TPSA) is 9.23 Å². The summed E-state index contributed by atoms with van der Waals surface area (Å²) in [6, 6.07) is 5.93. The molecule has 1 aromatic carbocycles. The molecule has 1 rings (SSSR count). The van der Waals surface area contributed by atoms with Crippen LogP contribution in [0.4, 0.5) is 0 Å². The Kier molecular flexibility index (Phi) is 4.94. The molecule has 1 aromatic rings. The molecule has 0 aliphatic carbocycles. The number of hydrogen-bond acceptors (Lipinski definition) is 1. The van der Waals surface area contributed by atoms with E-state index in [1.165, 1.54) is 0 Å². The van der Waals surface area contributed by atoms with Gasteiger partial charge in [0.25, 0.3) is 0 Å². The van der Waals surface area contributed by atoms with Gasteiger partial charge in [-0.15, -0.1) is 11.6 Å². The Labute approximate surface area is 105 Å². The maximum absolute atomic E-state index is 6.36. The van der Waals surface area contributed by atoms with Gasteiger partial charge in [-0.2, -0.15) is 0 Å². The molecule has 0 saturated carbocycles. The predicted molar refractivity (Wildman–Crippen MR) is 68.7 cm³/mol. The van der Waals surface area contributed by atoms with E-state index in [9.17, 15) is 0 Å². The quantitative estimate of drug-likeness (QED) is 0.725. The number of ether oxygens (including phenoxy) is 1. The first-order valence-corrected chi connectivity index (χ1v) is 6.25. The first-order chi connectivity index (χ1) is 7.04. The van der Waals surface area contributed by atoms with E-state index in [4.69, 9.17) is 16.3 Å². The molecule has 0 saturated heterocycles. The number of methoxy groups -OCH3 is 1. The second kappa shape index (κ2) is 5.76. The molecule has 0 fully saturated rings. The van der Waals surface area contributed by atoms with Gasteiger partial charge in [0.2, 0.25) is 0 Å². The van der Waals surface area contributed by atoms with E-state index < -0.39 is 0 Å². The minimum Gasteiger partial charge on any atom is -0.496 e. The molecular formula is C12H16BrClO. The molecule has 0 aliphatic rings. The van der Waals surface area contributed by atoms with Gasteiger partial charge in [0.15, 0.2) is 0 Å². The third-order valence-electron chi connectivity index (χ3n) is 2.21. The van der Waals surface area contributed by atoms with Crippen LogP contribution in [0.5, 0.6) is 5.75 Å². The van der Waals surface area contributed by atoms with Crippen LogP contribution in [-0.2, 0) is 0 Å². The van der Waals surface area contributed by atoms with Crippen LogP contribution >= 0.6 is 27.5 Å². The van der Waals surface area contributed by atoms with E-state index in [2.05, 4.69) is 29.8 Å². The first-order valence-electron chi connectivity index (χ1n) is 5.02. The lowest BCUT2D eigenvalue weighted by Crippen LogP contribution is -1.99. The van der Waals surface area contributed by atoms with Crippen molar-refractivity contribution in [2.75, 3.05) is 7.11 Å². The molecule has 0 N–H and O–H groups in total. The average Bonchev–Trinajstić information content (AvgIpc) is 2.16. The van der Waals surface area contributed by atoms with Crippen LogP contribution in [0.1, 0.15) is 31.2 Å². The summed E-state index contributed by atoms with van der Waals surface area (Å²) in [5, 5.41) is 0.0115. The fraction of sp³-hybridized carbons (Fsp3) is 0.500.